The Hall–Kier alpha value is -3.14. The van der Waals surface area contributed by atoms with E-state index in [1.165, 1.54) is 30.3 Å². The summed E-state index contributed by atoms with van der Waals surface area (Å²) in [4.78, 5) is 26.0. The molecular formula is C23H27FN2O6S. The summed E-state index contributed by atoms with van der Waals surface area (Å²) in [5, 5.41) is 0. The van der Waals surface area contributed by atoms with Gasteiger partial charge in [-0.15, -0.1) is 0 Å². The van der Waals surface area contributed by atoms with Crippen molar-refractivity contribution in [3.63, 3.8) is 0 Å². The predicted molar refractivity (Wildman–Crippen MR) is 120 cm³/mol. The molecule has 0 aromatic heterocycles. The topological polar surface area (TPSA) is 102 Å². The second-order valence-corrected chi connectivity index (χ2v) is 9.42. The van der Waals surface area contributed by atoms with Gasteiger partial charge >= 0.3 is 5.97 Å². The number of anilines is 1. The molecule has 1 saturated heterocycles. The van der Waals surface area contributed by atoms with E-state index in [0.717, 1.165) is 12.1 Å². The fraction of sp³-hybridized carbons (Fsp3) is 0.391. The number of likely N-dealkylation sites (tertiary alicyclic amines) is 1. The summed E-state index contributed by atoms with van der Waals surface area (Å²) < 4.78 is 51.3. The Bertz CT molecular complexity index is 1100. The molecule has 8 nitrogen and oxygen atoms in total. The summed E-state index contributed by atoms with van der Waals surface area (Å²) in [6.07, 6.45) is 1.11. The molecule has 0 atom stereocenters. The van der Waals surface area contributed by atoms with Crippen molar-refractivity contribution < 1.29 is 31.9 Å². The molecule has 0 bridgehead atoms. The van der Waals surface area contributed by atoms with Crippen LogP contribution in [0.25, 0.3) is 0 Å². The van der Waals surface area contributed by atoms with Crippen molar-refractivity contribution in [2.75, 3.05) is 31.0 Å². The molecule has 0 saturated carbocycles. The highest BCUT2D eigenvalue weighted by Crippen LogP contribution is 2.24. The van der Waals surface area contributed by atoms with Crippen LogP contribution in [0.1, 0.15) is 25.3 Å². The number of sulfonamides is 1. The normalized spacial score (nSPS) is 14.6. The summed E-state index contributed by atoms with van der Waals surface area (Å²) in [5.74, 6) is -0.680. The zero-order valence-electron chi connectivity index (χ0n) is 18.5. The molecule has 178 valence electrons. The Morgan fingerprint density at radius 3 is 2.39 bits per heavy atom. The Morgan fingerprint density at radius 1 is 1.12 bits per heavy atom. The van der Waals surface area contributed by atoms with Crippen molar-refractivity contribution in [2.24, 2.45) is 5.92 Å². The number of esters is 1. The van der Waals surface area contributed by atoms with E-state index in [-0.39, 0.29) is 35.0 Å². The van der Waals surface area contributed by atoms with Crippen LogP contribution in [0.4, 0.5) is 10.1 Å². The lowest BCUT2D eigenvalue weighted by atomic mass is 9.97. The van der Waals surface area contributed by atoms with Gasteiger partial charge in [0.15, 0.2) is 6.61 Å². The van der Waals surface area contributed by atoms with E-state index < -0.39 is 15.8 Å². The molecule has 0 spiro atoms. The first-order valence-corrected chi connectivity index (χ1v) is 12.1. The number of rotatable bonds is 8. The summed E-state index contributed by atoms with van der Waals surface area (Å²) >= 11 is 0. The predicted octanol–water partition coefficient (Wildman–Crippen LogP) is 3.12. The van der Waals surface area contributed by atoms with Crippen LogP contribution < -0.4 is 9.46 Å². The summed E-state index contributed by atoms with van der Waals surface area (Å²) in [5.41, 5.74) is 0.789. The van der Waals surface area contributed by atoms with Gasteiger partial charge in [-0.05, 0) is 74.7 Å². The molecule has 0 unspecified atom stereocenters. The molecule has 33 heavy (non-hydrogen) atoms. The molecule has 1 heterocycles. The number of aryl methyl sites for hydroxylation is 1. The summed E-state index contributed by atoms with van der Waals surface area (Å²) in [6, 6.07) is 9.30. The fourth-order valence-corrected chi connectivity index (χ4v) is 4.68. The number of hydrogen-bond acceptors (Lipinski definition) is 6. The zero-order chi connectivity index (χ0) is 24.0. The average molecular weight is 479 g/mol. The van der Waals surface area contributed by atoms with Crippen LogP contribution in [0.15, 0.2) is 47.4 Å². The molecule has 1 amide bonds. The van der Waals surface area contributed by atoms with E-state index in [0.29, 0.717) is 43.9 Å². The monoisotopic (exact) mass is 478 g/mol. The first-order chi connectivity index (χ1) is 15.7. The van der Waals surface area contributed by atoms with Gasteiger partial charge in [-0.1, -0.05) is 0 Å². The van der Waals surface area contributed by atoms with Crippen LogP contribution in [0.5, 0.6) is 5.75 Å². The van der Waals surface area contributed by atoms with E-state index in [1.54, 1.807) is 18.7 Å². The number of halogens is 1. The van der Waals surface area contributed by atoms with E-state index in [4.69, 9.17) is 9.47 Å². The minimum Gasteiger partial charge on any atom is -0.483 e. The van der Waals surface area contributed by atoms with Gasteiger partial charge in [-0.3, -0.25) is 14.3 Å². The standard InChI is InChI=1S/C23H27FN2O6S/c1-3-31-23(28)17-10-12-26(13-11-17)22(27)15-32-21-9-8-20(14-16(21)2)33(29,30)25-19-6-4-18(24)5-7-19/h4-9,14,17,25H,3,10-13,15H2,1-2H3. The van der Waals surface area contributed by atoms with Crippen LogP contribution in [-0.4, -0.2) is 51.5 Å². The lowest BCUT2D eigenvalue weighted by Gasteiger charge is -2.30. The second-order valence-electron chi connectivity index (χ2n) is 7.74. The van der Waals surface area contributed by atoms with Gasteiger partial charge in [0.25, 0.3) is 15.9 Å². The minimum absolute atomic E-state index is 0.0176. The molecule has 1 aliphatic rings. The number of nitrogens with zero attached hydrogens (tertiary/aromatic N) is 1. The summed E-state index contributed by atoms with van der Waals surface area (Å²) in [6.45, 7) is 4.51. The van der Waals surface area contributed by atoms with E-state index in [9.17, 15) is 22.4 Å². The number of amides is 1. The molecule has 1 N–H and O–H groups in total. The molecule has 1 aliphatic heterocycles. The smallest absolute Gasteiger partial charge is 0.309 e. The van der Waals surface area contributed by atoms with Crippen molar-refractivity contribution in [2.45, 2.75) is 31.6 Å². The third-order valence-electron chi connectivity index (χ3n) is 5.37. The fourth-order valence-electron chi connectivity index (χ4n) is 3.54. The maximum absolute atomic E-state index is 13.0. The number of piperidine rings is 1. The maximum Gasteiger partial charge on any atom is 0.309 e. The van der Waals surface area contributed by atoms with Gasteiger partial charge < -0.3 is 14.4 Å². The van der Waals surface area contributed by atoms with E-state index in [1.807, 2.05) is 0 Å². The van der Waals surface area contributed by atoms with Gasteiger partial charge in [0.2, 0.25) is 0 Å². The minimum atomic E-state index is -3.87. The van der Waals surface area contributed by atoms with Gasteiger partial charge in [0.1, 0.15) is 11.6 Å². The van der Waals surface area contributed by atoms with E-state index >= 15 is 0 Å². The lowest BCUT2D eigenvalue weighted by Crippen LogP contribution is -2.42. The highest BCUT2D eigenvalue weighted by molar-refractivity contribution is 7.92. The van der Waals surface area contributed by atoms with Crippen LogP contribution in [0.3, 0.4) is 0 Å². The quantitative estimate of drug-likeness (QED) is 0.585. The number of benzene rings is 2. The van der Waals surface area contributed by atoms with Crippen LogP contribution in [-0.2, 0) is 24.3 Å². The Balaban J connectivity index is 1.55. The number of hydrogen-bond donors (Lipinski definition) is 1. The van der Waals surface area contributed by atoms with Gasteiger partial charge in [0.05, 0.1) is 17.4 Å². The first kappa shape index (κ1) is 24.5. The Kier molecular flexibility index (Phi) is 7.91. The molecular weight excluding hydrogens is 451 g/mol. The number of carbonyl (C=O) groups is 2. The lowest BCUT2D eigenvalue weighted by molar-refractivity contribution is -0.151. The Labute approximate surface area is 192 Å². The number of carbonyl (C=O) groups excluding carboxylic acids is 2. The summed E-state index contributed by atoms with van der Waals surface area (Å²) in [7, 11) is -3.87. The third kappa shape index (κ3) is 6.44. The van der Waals surface area contributed by atoms with Crippen molar-refractivity contribution >= 4 is 27.6 Å². The third-order valence-corrected chi connectivity index (χ3v) is 6.75. The number of ether oxygens (including phenoxy) is 2. The number of nitrogens with one attached hydrogen (secondary N) is 1. The van der Waals surface area contributed by atoms with Gasteiger partial charge in [-0.25, -0.2) is 12.8 Å². The highest BCUT2D eigenvalue weighted by Gasteiger charge is 2.28. The Morgan fingerprint density at radius 2 is 1.79 bits per heavy atom. The van der Waals surface area contributed by atoms with Crippen LogP contribution >= 0.6 is 0 Å². The van der Waals surface area contributed by atoms with Crippen molar-refractivity contribution in [3.05, 3.63) is 53.8 Å². The van der Waals surface area contributed by atoms with Gasteiger partial charge in [-0.2, -0.15) is 0 Å². The van der Waals surface area contributed by atoms with Crippen molar-refractivity contribution in [1.82, 2.24) is 4.90 Å². The zero-order valence-corrected chi connectivity index (χ0v) is 19.4. The second kappa shape index (κ2) is 10.7. The average Bonchev–Trinajstić information content (AvgIpc) is 2.79. The van der Waals surface area contributed by atoms with Gasteiger partial charge in [0, 0.05) is 18.8 Å². The molecule has 0 aliphatic carbocycles. The highest BCUT2D eigenvalue weighted by atomic mass is 32.2. The van der Waals surface area contributed by atoms with Crippen LogP contribution in [0, 0.1) is 18.7 Å². The molecule has 0 radical (unpaired) electrons. The molecule has 3 rings (SSSR count). The first-order valence-electron chi connectivity index (χ1n) is 10.7. The SMILES string of the molecule is CCOC(=O)C1CCN(C(=O)COc2ccc(S(=O)(=O)Nc3ccc(F)cc3)cc2C)CC1. The maximum atomic E-state index is 13.0. The molecule has 2 aromatic rings. The van der Waals surface area contributed by atoms with Crippen molar-refractivity contribution in [3.8, 4) is 5.75 Å². The van der Waals surface area contributed by atoms with Crippen LogP contribution in [0.2, 0.25) is 0 Å². The van der Waals surface area contributed by atoms with E-state index in [2.05, 4.69) is 4.72 Å². The molecule has 10 heteroatoms. The van der Waals surface area contributed by atoms with Crippen molar-refractivity contribution in [1.29, 1.82) is 0 Å². The largest absolute Gasteiger partial charge is 0.483 e. The molecule has 1 fully saturated rings. The molecule has 2 aromatic carbocycles.